The first-order valence-corrected chi connectivity index (χ1v) is 7.19. The standard InChI is InChI=1S/C12H14FNO4S/c1-8-2-3-11(10(4-8)9-6-14-7-9)19(16,17)18-12(15)5-13/h2-4,9,14H,5-7H2,1H3. The van der Waals surface area contributed by atoms with E-state index in [2.05, 4.69) is 9.50 Å². The van der Waals surface area contributed by atoms with Gasteiger partial charge in [0.1, 0.15) is 4.90 Å². The molecule has 1 aromatic rings. The largest absolute Gasteiger partial charge is 0.353 e. The molecule has 1 heterocycles. The normalized spacial score (nSPS) is 15.9. The van der Waals surface area contributed by atoms with Crippen molar-refractivity contribution in [2.45, 2.75) is 17.7 Å². The third-order valence-corrected chi connectivity index (χ3v) is 4.28. The van der Waals surface area contributed by atoms with E-state index in [0.717, 1.165) is 5.56 Å². The Kier molecular flexibility index (Phi) is 3.86. The molecule has 0 aliphatic carbocycles. The zero-order valence-corrected chi connectivity index (χ0v) is 11.2. The lowest BCUT2D eigenvalue weighted by Gasteiger charge is -2.29. The van der Waals surface area contributed by atoms with Gasteiger partial charge in [-0.25, -0.2) is 9.18 Å². The van der Waals surface area contributed by atoms with Crippen LogP contribution in [0.15, 0.2) is 23.1 Å². The topological polar surface area (TPSA) is 72.5 Å². The minimum absolute atomic E-state index is 0.0635. The van der Waals surface area contributed by atoms with Crippen LogP contribution in [0.5, 0.6) is 0 Å². The second-order valence-corrected chi connectivity index (χ2v) is 5.95. The van der Waals surface area contributed by atoms with Crippen LogP contribution >= 0.6 is 0 Å². The quantitative estimate of drug-likeness (QED) is 0.832. The second kappa shape index (κ2) is 5.26. The van der Waals surface area contributed by atoms with Gasteiger partial charge in [0.05, 0.1) is 0 Å². The maximum absolute atomic E-state index is 12.1. The molecule has 0 aromatic heterocycles. The molecule has 5 nitrogen and oxygen atoms in total. The fraction of sp³-hybridized carbons (Fsp3) is 0.417. The first-order valence-electron chi connectivity index (χ1n) is 5.78. The summed E-state index contributed by atoms with van der Waals surface area (Å²) in [6.45, 7) is 1.72. The molecule has 0 saturated carbocycles. The Hall–Kier alpha value is -1.47. The lowest BCUT2D eigenvalue weighted by molar-refractivity contribution is -0.134. The predicted octanol–water partition coefficient (Wildman–Crippen LogP) is 0.883. The highest BCUT2D eigenvalue weighted by Gasteiger charge is 2.29. The van der Waals surface area contributed by atoms with Gasteiger partial charge >= 0.3 is 16.1 Å². The van der Waals surface area contributed by atoms with Crippen molar-refractivity contribution in [1.29, 1.82) is 0 Å². The van der Waals surface area contributed by atoms with Crippen molar-refractivity contribution in [3.63, 3.8) is 0 Å². The van der Waals surface area contributed by atoms with Gasteiger partial charge in [-0.3, -0.25) is 0 Å². The molecule has 0 unspecified atom stereocenters. The summed E-state index contributed by atoms with van der Waals surface area (Å²) in [6.07, 6.45) is 0. The number of alkyl halides is 1. The van der Waals surface area contributed by atoms with Crippen molar-refractivity contribution in [3.8, 4) is 0 Å². The Balaban J connectivity index is 2.40. The molecule has 0 radical (unpaired) electrons. The molecule has 0 bridgehead atoms. The van der Waals surface area contributed by atoms with Crippen LogP contribution in [0.1, 0.15) is 17.0 Å². The van der Waals surface area contributed by atoms with Crippen molar-refractivity contribution in [2.75, 3.05) is 19.8 Å². The first-order chi connectivity index (χ1) is 8.94. The van der Waals surface area contributed by atoms with E-state index in [1.165, 1.54) is 6.07 Å². The summed E-state index contributed by atoms with van der Waals surface area (Å²) < 4.78 is 40.2. The Morgan fingerprint density at radius 3 is 2.68 bits per heavy atom. The second-order valence-electron chi connectivity index (χ2n) is 4.44. The van der Waals surface area contributed by atoms with Gasteiger partial charge < -0.3 is 9.50 Å². The number of carbonyl (C=O) groups is 1. The van der Waals surface area contributed by atoms with Gasteiger partial charge in [-0.2, -0.15) is 8.42 Å². The van der Waals surface area contributed by atoms with Crippen molar-refractivity contribution in [3.05, 3.63) is 29.3 Å². The summed E-state index contributed by atoms with van der Waals surface area (Å²) in [5, 5.41) is 3.05. The summed E-state index contributed by atoms with van der Waals surface area (Å²) in [6, 6.07) is 4.76. The highest BCUT2D eigenvalue weighted by Crippen LogP contribution is 2.29. The van der Waals surface area contributed by atoms with Crippen LogP contribution < -0.4 is 5.32 Å². The lowest BCUT2D eigenvalue weighted by atomic mass is 9.92. The monoisotopic (exact) mass is 287 g/mol. The van der Waals surface area contributed by atoms with E-state index in [0.29, 0.717) is 18.7 Å². The van der Waals surface area contributed by atoms with Gasteiger partial charge in [0.2, 0.25) is 0 Å². The average molecular weight is 287 g/mol. The number of nitrogens with one attached hydrogen (secondary N) is 1. The van der Waals surface area contributed by atoms with Crippen LogP contribution in [0, 0.1) is 6.92 Å². The molecule has 7 heteroatoms. The number of aryl methyl sites for hydroxylation is 1. The third-order valence-electron chi connectivity index (χ3n) is 2.97. The van der Waals surface area contributed by atoms with E-state index >= 15 is 0 Å². The molecule has 19 heavy (non-hydrogen) atoms. The fourth-order valence-corrected chi connectivity index (χ4v) is 3.04. The third kappa shape index (κ3) is 2.93. The van der Waals surface area contributed by atoms with E-state index in [-0.39, 0.29) is 10.8 Å². The molecule has 0 atom stereocenters. The Bertz CT molecular complexity index is 596. The Labute approximate surface area is 110 Å². The first kappa shape index (κ1) is 14.0. The molecular formula is C12H14FNO4S. The van der Waals surface area contributed by atoms with Crippen LogP contribution in [0.3, 0.4) is 0 Å². The van der Waals surface area contributed by atoms with Gasteiger partial charge in [-0.15, -0.1) is 0 Å². The van der Waals surface area contributed by atoms with Crippen LogP contribution in [-0.4, -0.2) is 34.2 Å². The summed E-state index contributed by atoms with van der Waals surface area (Å²) in [5.41, 5.74) is 1.52. The molecule has 1 aromatic carbocycles. The molecule has 1 saturated heterocycles. The molecule has 1 N–H and O–H groups in total. The summed E-state index contributed by atoms with van der Waals surface area (Å²) >= 11 is 0. The van der Waals surface area contributed by atoms with Crippen LogP contribution in [-0.2, 0) is 19.1 Å². The average Bonchev–Trinajstić information content (AvgIpc) is 2.25. The smallest absolute Gasteiger partial charge is 0.339 e. The molecule has 2 rings (SSSR count). The maximum atomic E-state index is 12.1. The van der Waals surface area contributed by atoms with Gasteiger partial charge in [0, 0.05) is 19.0 Å². The van der Waals surface area contributed by atoms with Crippen LogP contribution in [0.2, 0.25) is 0 Å². The number of benzene rings is 1. The molecule has 0 amide bonds. The zero-order valence-electron chi connectivity index (χ0n) is 10.3. The minimum atomic E-state index is -4.26. The molecule has 0 spiro atoms. The van der Waals surface area contributed by atoms with E-state index in [4.69, 9.17) is 0 Å². The summed E-state index contributed by atoms with van der Waals surface area (Å²) in [7, 11) is -4.26. The van der Waals surface area contributed by atoms with E-state index < -0.39 is 22.8 Å². The number of hydrogen-bond donors (Lipinski definition) is 1. The van der Waals surface area contributed by atoms with Gasteiger partial charge in [-0.1, -0.05) is 17.7 Å². The summed E-state index contributed by atoms with van der Waals surface area (Å²) in [5.74, 6) is -1.34. The van der Waals surface area contributed by atoms with E-state index in [1.54, 1.807) is 12.1 Å². The summed E-state index contributed by atoms with van der Waals surface area (Å²) in [4.78, 5) is 10.8. The van der Waals surface area contributed by atoms with E-state index in [9.17, 15) is 17.6 Å². The predicted molar refractivity (Wildman–Crippen MR) is 66.0 cm³/mol. The molecule has 1 fully saturated rings. The molecule has 1 aliphatic rings. The molecule has 1 aliphatic heterocycles. The highest BCUT2D eigenvalue weighted by molar-refractivity contribution is 7.87. The minimum Gasteiger partial charge on any atom is -0.339 e. The maximum Gasteiger partial charge on any atom is 0.353 e. The van der Waals surface area contributed by atoms with Crippen molar-refractivity contribution < 1.29 is 21.8 Å². The lowest BCUT2D eigenvalue weighted by Crippen LogP contribution is -2.40. The fourth-order valence-electron chi connectivity index (χ4n) is 1.91. The molecule has 104 valence electrons. The van der Waals surface area contributed by atoms with Crippen LogP contribution in [0.25, 0.3) is 0 Å². The molecular weight excluding hydrogens is 273 g/mol. The van der Waals surface area contributed by atoms with Gasteiger partial charge in [0.25, 0.3) is 0 Å². The van der Waals surface area contributed by atoms with Crippen LogP contribution in [0.4, 0.5) is 4.39 Å². The van der Waals surface area contributed by atoms with Gasteiger partial charge in [0.15, 0.2) is 6.67 Å². The Morgan fingerprint density at radius 1 is 1.47 bits per heavy atom. The van der Waals surface area contributed by atoms with E-state index in [1.807, 2.05) is 6.92 Å². The number of halogens is 1. The number of hydrogen-bond acceptors (Lipinski definition) is 5. The van der Waals surface area contributed by atoms with Crippen molar-refractivity contribution in [1.82, 2.24) is 5.32 Å². The Morgan fingerprint density at radius 2 is 2.16 bits per heavy atom. The SMILES string of the molecule is Cc1ccc(S(=O)(=O)OC(=O)CF)c(C2CNC2)c1. The number of carbonyl (C=O) groups excluding carboxylic acids is 1. The van der Waals surface area contributed by atoms with Crippen molar-refractivity contribution >= 4 is 16.1 Å². The highest BCUT2D eigenvalue weighted by atomic mass is 32.2. The van der Waals surface area contributed by atoms with Gasteiger partial charge in [-0.05, 0) is 18.6 Å². The zero-order chi connectivity index (χ0) is 14.0. The number of rotatable bonds is 4. The van der Waals surface area contributed by atoms with Crippen molar-refractivity contribution in [2.24, 2.45) is 0 Å².